The Hall–Kier alpha value is -0.890. The van der Waals surface area contributed by atoms with Gasteiger partial charge in [0.05, 0.1) is 0 Å². The molecular formula is C12H16FN. The van der Waals surface area contributed by atoms with E-state index in [-0.39, 0.29) is 11.4 Å². The monoisotopic (exact) mass is 193 g/mol. The van der Waals surface area contributed by atoms with E-state index in [0.717, 1.165) is 13.0 Å². The number of hydrogen-bond acceptors (Lipinski definition) is 1. The molecule has 1 fully saturated rings. The van der Waals surface area contributed by atoms with Gasteiger partial charge in [0, 0.05) is 5.54 Å². The van der Waals surface area contributed by atoms with Crippen LogP contribution in [0.4, 0.5) is 4.39 Å². The number of benzene rings is 1. The molecule has 1 aliphatic rings. The summed E-state index contributed by atoms with van der Waals surface area (Å²) in [6.07, 6.45) is 1.15. The van der Waals surface area contributed by atoms with Crippen molar-refractivity contribution in [3.05, 3.63) is 35.6 Å². The third kappa shape index (κ3) is 1.34. The molecule has 0 spiro atoms. The lowest BCUT2D eigenvalue weighted by atomic mass is 9.72. The van der Waals surface area contributed by atoms with E-state index in [0.29, 0.717) is 5.92 Å². The quantitative estimate of drug-likeness (QED) is 0.761. The molecule has 0 amide bonds. The molecule has 14 heavy (non-hydrogen) atoms. The predicted molar refractivity (Wildman–Crippen MR) is 55.5 cm³/mol. The molecule has 0 saturated carbocycles. The number of nitrogens with one attached hydrogen (secondary N) is 1. The van der Waals surface area contributed by atoms with Gasteiger partial charge in [-0.2, -0.15) is 0 Å². The van der Waals surface area contributed by atoms with Crippen LogP contribution in [0, 0.1) is 11.7 Å². The summed E-state index contributed by atoms with van der Waals surface area (Å²) in [7, 11) is 0. The Morgan fingerprint density at radius 2 is 1.86 bits per heavy atom. The molecule has 1 aromatic rings. The summed E-state index contributed by atoms with van der Waals surface area (Å²) in [5.74, 6) is 0.383. The Morgan fingerprint density at radius 3 is 2.21 bits per heavy atom. The highest BCUT2D eigenvalue weighted by molar-refractivity contribution is 5.28. The molecule has 76 valence electrons. The molecule has 0 aliphatic carbocycles. The molecule has 1 aliphatic heterocycles. The molecule has 1 unspecified atom stereocenters. The zero-order valence-corrected chi connectivity index (χ0v) is 8.68. The normalized spacial score (nSPS) is 26.3. The largest absolute Gasteiger partial charge is 0.307 e. The van der Waals surface area contributed by atoms with E-state index >= 15 is 0 Å². The molecule has 2 rings (SSSR count). The maximum absolute atomic E-state index is 12.8. The van der Waals surface area contributed by atoms with Crippen LogP contribution in [0.3, 0.4) is 0 Å². The second-order valence-electron chi connectivity index (χ2n) is 4.31. The fourth-order valence-electron chi connectivity index (χ4n) is 2.21. The third-order valence-electron chi connectivity index (χ3n) is 3.30. The number of hydrogen-bond donors (Lipinski definition) is 1. The Morgan fingerprint density at radius 1 is 1.29 bits per heavy atom. The van der Waals surface area contributed by atoms with Gasteiger partial charge in [0.15, 0.2) is 0 Å². The third-order valence-corrected chi connectivity index (χ3v) is 3.30. The van der Waals surface area contributed by atoms with Crippen LogP contribution in [0.15, 0.2) is 24.3 Å². The van der Waals surface area contributed by atoms with Crippen LogP contribution in [0.1, 0.15) is 25.8 Å². The molecule has 1 nitrogen and oxygen atoms in total. The summed E-state index contributed by atoms with van der Waals surface area (Å²) >= 11 is 0. The van der Waals surface area contributed by atoms with E-state index in [1.54, 1.807) is 12.1 Å². The highest BCUT2D eigenvalue weighted by atomic mass is 19.1. The van der Waals surface area contributed by atoms with Crippen molar-refractivity contribution in [2.75, 3.05) is 6.54 Å². The highest BCUT2D eigenvalue weighted by Crippen LogP contribution is 2.38. The summed E-state index contributed by atoms with van der Waals surface area (Å²) in [6.45, 7) is 5.47. The lowest BCUT2D eigenvalue weighted by Crippen LogP contribution is -2.57. The van der Waals surface area contributed by atoms with Crippen LogP contribution in [0.5, 0.6) is 0 Å². The predicted octanol–water partition coefficient (Wildman–Crippen LogP) is 2.67. The molecule has 1 N–H and O–H groups in total. The average Bonchev–Trinajstić information content (AvgIpc) is 2.05. The van der Waals surface area contributed by atoms with E-state index in [9.17, 15) is 4.39 Å². The minimum absolute atomic E-state index is 0.0910. The molecule has 1 atom stereocenters. The van der Waals surface area contributed by atoms with Gasteiger partial charge in [0.25, 0.3) is 0 Å². The minimum Gasteiger partial charge on any atom is -0.307 e. The van der Waals surface area contributed by atoms with Crippen molar-refractivity contribution in [3.8, 4) is 0 Å². The lowest BCUT2D eigenvalue weighted by Gasteiger charge is -2.47. The fourth-order valence-corrected chi connectivity index (χ4v) is 2.21. The van der Waals surface area contributed by atoms with Crippen molar-refractivity contribution in [1.29, 1.82) is 0 Å². The minimum atomic E-state index is -0.160. The van der Waals surface area contributed by atoms with Gasteiger partial charge in [-0.15, -0.1) is 0 Å². The summed E-state index contributed by atoms with van der Waals surface area (Å²) in [4.78, 5) is 0. The maximum Gasteiger partial charge on any atom is 0.123 e. The average molecular weight is 193 g/mol. The number of rotatable bonds is 2. The Labute approximate surface area is 84.3 Å². The molecular weight excluding hydrogens is 177 g/mol. The van der Waals surface area contributed by atoms with Gasteiger partial charge in [0.1, 0.15) is 5.82 Å². The SMILES string of the molecule is CC(C)C1(c2ccc(F)cc2)CCN1. The summed E-state index contributed by atoms with van der Waals surface area (Å²) in [5.41, 5.74) is 1.30. The van der Waals surface area contributed by atoms with Crippen molar-refractivity contribution in [2.24, 2.45) is 5.92 Å². The van der Waals surface area contributed by atoms with Crippen LogP contribution < -0.4 is 5.32 Å². The van der Waals surface area contributed by atoms with Crippen molar-refractivity contribution >= 4 is 0 Å². The maximum atomic E-state index is 12.8. The molecule has 0 bridgehead atoms. The first-order valence-corrected chi connectivity index (χ1v) is 5.16. The summed E-state index contributed by atoms with van der Waals surface area (Å²) < 4.78 is 12.8. The first kappa shape index (κ1) is 9.66. The zero-order valence-electron chi connectivity index (χ0n) is 8.68. The standard InChI is InChI=1S/C12H16FN/c1-9(2)12(7-8-14-12)10-3-5-11(13)6-4-10/h3-6,9,14H,7-8H2,1-2H3. The van der Waals surface area contributed by atoms with Gasteiger partial charge < -0.3 is 5.32 Å². The van der Waals surface area contributed by atoms with E-state index in [1.165, 1.54) is 5.56 Å². The molecule has 2 heteroatoms. The Kier molecular flexibility index (Phi) is 2.31. The van der Waals surface area contributed by atoms with Crippen LogP contribution in [0.2, 0.25) is 0 Å². The number of halogens is 1. The van der Waals surface area contributed by atoms with Crippen LogP contribution in [0.25, 0.3) is 0 Å². The fraction of sp³-hybridized carbons (Fsp3) is 0.500. The second kappa shape index (κ2) is 3.35. The van der Waals surface area contributed by atoms with E-state index in [4.69, 9.17) is 0 Å². The molecule has 1 saturated heterocycles. The van der Waals surface area contributed by atoms with Gasteiger partial charge in [0.2, 0.25) is 0 Å². The summed E-state index contributed by atoms with van der Waals surface area (Å²) in [5, 5.41) is 3.47. The lowest BCUT2D eigenvalue weighted by molar-refractivity contribution is 0.139. The molecule has 1 heterocycles. The van der Waals surface area contributed by atoms with Gasteiger partial charge in [-0.25, -0.2) is 4.39 Å². The van der Waals surface area contributed by atoms with Crippen molar-refractivity contribution < 1.29 is 4.39 Å². The van der Waals surface area contributed by atoms with Crippen LogP contribution in [-0.2, 0) is 5.54 Å². The highest BCUT2D eigenvalue weighted by Gasteiger charge is 2.40. The van der Waals surface area contributed by atoms with Gasteiger partial charge in [-0.3, -0.25) is 0 Å². The van der Waals surface area contributed by atoms with Gasteiger partial charge in [-0.05, 0) is 36.6 Å². The summed E-state index contributed by atoms with van der Waals surface area (Å²) in [6, 6.07) is 6.86. The van der Waals surface area contributed by atoms with E-state index in [1.807, 2.05) is 12.1 Å². The molecule has 1 aromatic carbocycles. The van der Waals surface area contributed by atoms with Crippen molar-refractivity contribution in [2.45, 2.75) is 25.8 Å². The van der Waals surface area contributed by atoms with Gasteiger partial charge >= 0.3 is 0 Å². The molecule has 0 aromatic heterocycles. The zero-order chi connectivity index (χ0) is 10.2. The van der Waals surface area contributed by atoms with Crippen molar-refractivity contribution in [3.63, 3.8) is 0 Å². The smallest absolute Gasteiger partial charge is 0.123 e. The Bertz CT molecular complexity index is 312. The second-order valence-corrected chi connectivity index (χ2v) is 4.31. The Balaban J connectivity index is 2.32. The van der Waals surface area contributed by atoms with Crippen LogP contribution >= 0.6 is 0 Å². The topological polar surface area (TPSA) is 12.0 Å². The van der Waals surface area contributed by atoms with E-state index in [2.05, 4.69) is 19.2 Å². The first-order chi connectivity index (χ1) is 6.65. The van der Waals surface area contributed by atoms with Crippen LogP contribution in [-0.4, -0.2) is 6.54 Å². The van der Waals surface area contributed by atoms with E-state index < -0.39 is 0 Å². The van der Waals surface area contributed by atoms with Crippen molar-refractivity contribution in [1.82, 2.24) is 5.32 Å². The van der Waals surface area contributed by atoms with Gasteiger partial charge in [-0.1, -0.05) is 26.0 Å². The first-order valence-electron chi connectivity index (χ1n) is 5.16. The molecule has 0 radical (unpaired) electrons.